The summed E-state index contributed by atoms with van der Waals surface area (Å²) in [5, 5.41) is 2.62. The van der Waals surface area contributed by atoms with E-state index in [1.807, 2.05) is 0 Å². The second-order valence-electron chi connectivity index (χ2n) is 9.19. The van der Waals surface area contributed by atoms with E-state index in [0.717, 1.165) is 8.95 Å². The largest absolute Gasteiger partial charge is 0.0622 e. The molecule has 1 aliphatic carbocycles. The molecule has 0 radical (unpaired) electrons. The molecular weight excluding hydrogens is 568 g/mol. The molecule has 0 saturated heterocycles. The summed E-state index contributed by atoms with van der Waals surface area (Å²) < 4.78 is 2.16. The van der Waals surface area contributed by atoms with Gasteiger partial charge in [0.2, 0.25) is 0 Å². The second-order valence-corrected chi connectivity index (χ2v) is 11.0. The molecule has 7 rings (SSSR count). The van der Waals surface area contributed by atoms with Gasteiger partial charge in [-0.05, 0) is 96.7 Å². The van der Waals surface area contributed by atoms with Gasteiger partial charge in [-0.15, -0.1) is 0 Å². The fraction of sp³-hybridized carbons (Fsp3) is 0. The Kier molecular flexibility index (Phi) is 5.20. The summed E-state index contributed by atoms with van der Waals surface area (Å²) in [6.07, 6.45) is 0. The average molecular weight is 588 g/mol. The van der Waals surface area contributed by atoms with Crippen LogP contribution in [0.3, 0.4) is 0 Å². The molecule has 0 nitrogen and oxygen atoms in total. The van der Waals surface area contributed by atoms with E-state index in [2.05, 4.69) is 153 Å². The quantitative estimate of drug-likeness (QED) is 0.193. The maximum absolute atomic E-state index is 3.73. The molecule has 0 atom stereocenters. The van der Waals surface area contributed by atoms with Gasteiger partial charge in [-0.1, -0.05) is 123 Å². The van der Waals surface area contributed by atoms with Crippen LogP contribution < -0.4 is 0 Å². The summed E-state index contributed by atoms with van der Waals surface area (Å²) in [4.78, 5) is 0. The number of rotatable bonds is 3. The lowest BCUT2D eigenvalue weighted by Crippen LogP contribution is -1.94. The lowest BCUT2D eigenvalue weighted by atomic mass is 9.82. The molecule has 36 heavy (non-hydrogen) atoms. The molecule has 0 N–H and O–H groups in total. The Morgan fingerprint density at radius 3 is 1.61 bits per heavy atom. The van der Waals surface area contributed by atoms with Crippen LogP contribution in [0.1, 0.15) is 0 Å². The van der Waals surface area contributed by atoms with Crippen molar-refractivity contribution in [1.29, 1.82) is 0 Å². The maximum atomic E-state index is 3.73. The topological polar surface area (TPSA) is 0 Å². The minimum Gasteiger partial charge on any atom is -0.0622 e. The van der Waals surface area contributed by atoms with Gasteiger partial charge in [0, 0.05) is 8.95 Å². The van der Waals surface area contributed by atoms with Crippen molar-refractivity contribution in [3.63, 3.8) is 0 Å². The molecular formula is C34H20Br2. The highest BCUT2D eigenvalue weighted by Crippen LogP contribution is 2.57. The molecule has 170 valence electrons. The van der Waals surface area contributed by atoms with Gasteiger partial charge in [0.1, 0.15) is 0 Å². The van der Waals surface area contributed by atoms with Crippen LogP contribution in [0.5, 0.6) is 0 Å². The third-order valence-corrected chi connectivity index (χ3v) is 8.09. The Hall–Kier alpha value is -3.46. The van der Waals surface area contributed by atoms with Gasteiger partial charge in [-0.25, -0.2) is 0 Å². The first kappa shape index (κ1) is 21.8. The summed E-state index contributed by atoms with van der Waals surface area (Å²) in [6, 6.07) is 43.9. The average Bonchev–Trinajstić information content (AvgIpc) is 3.24. The summed E-state index contributed by atoms with van der Waals surface area (Å²) in [5.74, 6) is 0. The van der Waals surface area contributed by atoms with Crippen molar-refractivity contribution in [2.75, 3.05) is 0 Å². The summed E-state index contributed by atoms with van der Waals surface area (Å²) in [7, 11) is 0. The van der Waals surface area contributed by atoms with Crippen LogP contribution in [0.25, 0.3) is 66.4 Å². The predicted molar refractivity (Wildman–Crippen MR) is 160 cm³/mol. The number of hydrogen-bond donors (Lipinski definition) is 0. The molecule has 0 spiro atoms. The van der Waals surface area contributed by atoms with Crippen LogP contribution in [0, 0.1) is 0 Å². The first-order valence-electron chi connectivity index (χ1n) is 12.0. The molecule has 0 heterocycles. The summed E-state index contributed by atoms with van der Waals surface area (Å²) >= 11 is 7.45. The Morgan fingerprint density at radius 1 is 0.361 bits per heavy atom. The van der Waals surface area contributed by atoms with Gasteiger partial charge >= 0.3 is 0 Å². The summed E-state index contributed by atoms with van der Waals surface area (Å²) in [6.45, 7) is 0. The van der Waals surface area contributed by atoms with Crippen LogP contribution >= 0.6 is 31.9 Å². The molecule has 0 fully saturated rings. The molecule has 0 amide bonds. The smallest absolute Gasteiger partial charge is 0.0181 e. The monoisotopic (exact) mass is 586 g/mol. The second kappa shape index (κ2) is 8.58. The highest BCUT2D eigenvalue weighted by Gasteiger charge is 2.30. The van der Waals surface area contributed by atoms with Gasteiger partial charge in [0.25, 0.3) is 0 Å². The predicted octanol–water partition coefficient (Wildman–Crippen LogP) is 11.0. The van der Waals surface area contributed by atoms with Gasteiger partial charge in [0.05, 0.1) is 0 Å². The standard InChI is InChI=1S/C34H20Br2/c35-25-14-4-12-23(18-25)30-20-29(21-8-2-1-3-9-21)32(24-13-5-15-26(36)19-24)34-28-17-7-11-22-10-6-16-27(31(22)28)33(30)34/h1-20H. The lowest BCUT2D eigenvalue weighted by molar-refractivity contribution is 1.55. The molecule has 0 bridgehead atoms. The van der Waals surface area contributed by atoms with E-state index in [4.69, 9.17) is 0 Å². The van der Waals surface area contributed by atoms with Crippen molar-refractivity contribution >= 4 is 42.6 Å². The van der Waals surface area contributed by atoms with E-state index in [1.54, 1.807) is 0 Å². The third kappa shape index (κ3) is 3.40. The lowest BCUT2D eigenvalue weighted by Gasteiger charge is -2.21. The van der Waals surface area contributed by atoms with E-state index in [0.29, 0.717) is 0 Å². The van der Waals surface area contributed by atoms with Gasteiger partial charge in [-0.2, -0.15) is 0 Å². The molecule has 0 aromatic heterocycles. The zero-order valence-electron chi connectivity index (χ0n) is 19.3. The Labute approximate surface area is 227 Å². The van der Waals surface area contributed by atoms with E-state index < -0.39 is 0 Å². The van der Waals surface area contributed by atoms with Crippen LogP contribution in [0.4, 0.5) is 0 Å². The van der Waals surface area contributed by atoms with Crippen LogP contribution in [0.2, 0.25) is 0 Å². The Bertz CT molecular complexity index is 1790. The van der Waals surface area contributed by atoms with Crippen molar-refractivity contribution < 1.29 is 0 Å². The van der Waals surface area contributed by atoms with Crippen molar-refractivity contribution in [2.24, 2.45) is 0 Å². The van der Waals surface area contributed by atoms with Crippen molar-refractivity contribution in [2.45, 2.75) is 0 Å². The van der Waals surface area contributed by atoms with E-state index in [9.17, 15) is 0 Å². The fourth-order valence-corrected chi connectivity index (χ4v) is 6.46. The fourth-order valence-electron chi connectivity index (χ4n) is 5.66. The molecule has 0 saturated carbocycles. The Morgan fingerprint density at radius 2 is 0.917 bits per heavy atom. The van der Waals surface area contributed by atoms with E-state index in [-0.39, 0.29) is 0 Å². The number of benzene rings is 6. The SMILES string of the molecule is Brc1cccc(-c2cc(-c3ccccc3)c(-c3cccc(Br)c3)c3c2-c2cccc4cccc-3c24)c1. The van der Waals surface area contributed by atoms with Crippen molar-refractivity contribution in [1.82, 2.24) is 0 Å². The zero-order valence-corrected chi connectivity index (χ0v) is 22.5. The van der Waals surface area contributed by atoms with E-state index in [1.165, 1.54) is 66.4 Å². The van der Waals surface area contributed by atoms with Crippen molar-refractivity contribution in [3.05, 3.63) is 130 Å². The molecule has 0 unspecified atom stereocenters. The first-order chi connectivity index (χ1) is 17.7. The number of fused-ring (bicyclic) bond motifs is 3. The van der Waals surface area contributed by atoms with Crippen molar-refractivity contribution in [3.8, 4) is 55.6 Å². The molecule has 1 aliphatic rings. The molecule has 0 aliphatic heterocycles. The Balaban J connectivity index is 1.71. The number of halogens is 2. The highest BCUT2D eigenvalue weighted by molar-refractivity contribution is 9.10. The minimum atomic E-state index is 1.08. The molecule has 2 heteroatoms. The zero-order chi connectivity index (χ0) is 24.2. The van der Waals surface area contributed by atoms with Crippen LogP contribution in [-0.2, 0) is 0 Å². The van der Waals surface area contributed by atoms with Gasteiger partial charge in [-0.3, -0.25) is 0 Å². The van der Waals surface area contributed by atoms with E-state index >= 15 is 0 Å². The molecule has 6 aromatic rings. The van der Waals surface area contributed by atoms with Gasteiger partial charge in [0.15, 0.2) is 0 Å². The first-order valence-corrected chi connectivity index (χ1v) is 13.6. The normalized spacial score (nSPS) is 11.6. The van der Waals surface area contributed by atoms with Crippen LogP contribution in [-0.4, -0.2) is 0 Å². The van der Waals surface area contributed by atoms with Crippen LogP contribution in [0.15, 0.2) is 130 Å². The highest BCUT2D eigenvalue weighted by atomic mass is 79.9. The summed E-state index contributed by atoms with van der Waals surface area (Å²) in [5.41, 5.74) is 12.7. The number of hydrogen-bond acceptors (Lipinski definition) is 0. The minimum absolute atomic E-state index is 1.08. The van der Waals surface area contributed by atoms with Gasteiger partial charge < -0.3 is 0 Å². The maximum Gasteiger partial charge on any atom is 0.0181 e. The molecule has 6 aromatic carbocycles. The third-order valence-electron chi connectivity index (χ3n) is 7.10.